The Morgan fingerprint density at radius 1 is 1.11 bits per heavy atom. The maximum absolute atomic E-state index is 3.87. The van der Waals surface area contributed by atoms with Gasteiger partial charge in [0.25, 0.3) is 0 Å². The van der Waals surface area contributed by atoms with Crippen molar-refractivity contribution in [3.8, 4) is 0 Å². The van der Waals surface area contributed by atoms with Gasteiger partial charge in [0.05, 0.1) is 0 Å². The molecule has 1 saturated heterocycles. The monoisotopic (exact) mass is 266 g/mol. The summed E-state index contributed by atoms with van der Waals surface area (Å²) in [7, 11) is 0. The fourth-order valence-corrected chi connectivity index (χ4v) is 3.82. The summed E-state index contributed by atoms with van der Waals surface area (Å²) in [6.45, 7) is 13.3. The predicted molar refractivity (Wildman–Crippen MR) is 83.5 cm³/mol. The smallest absolute Gasteiger partial charge is 0.0329 e. The Kier molecular flexibility index (Phi) is 5.30. The Morgan fingerprint density at radius 3 is 2.21 bits per heavy atom. The minimum Gasteiger partial charge on any atom is -0.311 e. The predicted octanol–water partition coefficient (Wildman–Crippen LogP) is 3.67. The van der Waals surface area contributed by atoms with Crippen molar-refractivity contribution in [2.75, 3.05) is 19.6 Å². The molecule has 0 radical (unpaired) electrons. The van der Waals surface area contributed by atoms with Crippen molar-refractivity contribution in [2.24, 2.45) is 11.8 Å². The first-order valence-corrected chi connectivity index (χ1v) is 8.67. The van der Waals surface area contributed by atoms with Gasteiger partial charge >= 0.3 is 0 Å². The fourth-order valence-electron chi connectivity index (χ4n) is 3.82. The van der Waals surface area contributed by atoms with E-state index in [-0.39, 0.29) is 0 Å². The van der Waals surface area contributed by atoms with E-state index in [2.05, 4.69) is 37.9 Å². The third-order valence-electron chi connectivity index (χ3n) is 5.92. The first-order valence-electron chi connectivity index (χ1n) is 8.67. The lowest BCUT2D eigenvalue weighted by atomic mass is 9.85. The second-order valence-corrected chi connectivity index (χ2v) is 6.84. The minimum absolute atomic E-state index is 0.425. The second-order valence-electron chi connectivity index (χ2n) is 6.84. The molecule has 2 aliphatic rings. The van der Waals surface area contributed by atoms with Crippen LogP contribution in [-0.4, -0.2) is 36.1 Å². The van der Waals surface area contributed by atoms with E-state index in [9.17, 15) is 0 Å². The molecule has 0 aromatic heterocycles. The van der Waals surface area contributed by atoms with Crippen LogP contribution in [-0.2, 0) is 0 Å². The van der Waals surface area contributed by atoms with E-state index >= 15 is 0 Å². The van der Waals surface area contributed by atoms with Crippen LogP contribution in [0.1, 0.15) is 66.2 Å². The Bertz CT molecular complexity index is 262. The molecule has 1 heterocycles. The average molecular weight is 266 g/mol. The van der Waals surface area contributed by atoms with Crippen LogP contribution in [0, 0.1) is 11.8 Å². The zero-order valence-electron chi connectivity index (χ0n) is 13.5. The van der Waals surface area contributed by atoms with Gasteiger partial charge in [-0.2, -0.15) is 0 Å². The van der Waals surface area contributed by atoms with E-state index in [0.717, 1.165) is 17.9 Å². The summed E-state index contributed by atoms with van der Waals surface area (Å²) < 4.78 is 0. The van der Waals surface area contributed by atoms with Gasteiger partial charge in [-0.05, 0) is 37.5 Å². The summed E-state index contributed by atoms with van der Waals surface area (Å²) in [4.78, 5) is 2.87. The topological polar surface area (TPSA) is 15.3 Å². The maximum Gasteiger partial charge on any atom is 0.0329 e. The second kappa shape index (κ2) is 6.58. The molecule has 19 heavy (non-hydrogen) atoms. The molecule has 1 aliphatic carbocycles. The molecule has 1 atom stereocenters. The van der Waals surface area contributed by atoms with Gasteiger partial charge in [0.15, 0.2) is 0 Å². The van der Waals surface area contributed by atoms with E-state index in [4.69, 9.17) is 0 Å². The van der Waals surface area contributed by atoms with Crippen molar-refractivity contribution >= 4 is 0 Å². The molecule has 2 heteroatoms. The van der Waals surface area contributed by atoms with Gasteiger partial charge in [0.2, 0.25) is 0 Å². The van der Waals surface area contributed by atoms with Gasteiger partial charge in [-0.3, -0.25) is 4.90 Å². The molecule has 0 amide bonds. The number of piperazine rings is 1. The van der Waals surface area contributed by atoms with Crippen molar-refractivity contribution in [1.29, 1.82) is 0 Å². The lowest BCUT2D eigenvalue weighted by Gasteiger charge is -2.51. The summed E-state index contributed by atoms with van der Waals surface area (Å²) in [6, 6.07) is 0.778. The number of nitrogens with one attached hydrogen (secondary N) is 1. The Morgan fingerprint density at radius 2 is 1.74 bits per heavy atom. The largest absolute Gasteiger partial charge is 0.311 e. The normalized spacial score (nSPS) is 27.9. The van der Waals surface area contributed by atoms with Crippen molar-refractivity contribution in [3.63, 3.8) is 0 Å². The first-order chi connectivity index (χ1) is 9.19. The Labute approximate surface area is 120 Å². The van der Waals surface area contributed by atoms with Gasteiger partial charge in [-0.15, -0.1) is 0 Å². The molecule has 0 aromatic rings. The van der Waals surface area contributed by atoms with E-state index in [1.807, 2.05) is 0 Å². The van der Waals surface area contributed by atoms with Crippen molar-refractivity contribution in [1.82, 2.24) is 10.2 Å². The Hall–Kier alpha value is -0.0800. The lowest BCUT2D eigenvalue weighted by Crippen LogP contribution is -2.65. The molecule has 0 spiro atoms. The van der Waals surface area contributed by atoms with Crippen LogP contribution >= 0.6 is 0 Å². The zero-order valence-corrected chi connectivity index (χ0v) is 13.5. The number of hydrogen-bond donors (Lipinski definition) is 1. The molecule has 112 valence electrons. The highest BCUT2D eigenvalue weighted by atomic mass is 15.3. The van der Waals surface area contributed by atoms with Crippen molar-refractivity contribution < 1.29 is 0 Å². The average Bonchev–Trinajstić information content (AvgIpc) is 3.29. The molecule has 2 nitrogen and oxygen atoms in total. The maximum atomic E-state index is 3.87. The van der Waals surface area contributed by atoms with Crippen LogP contribution in [0.3, 0.4) is 0 Å². The van der Waals surface area contributed by atoms with Gasteiger partial charge in [-0.25, -0.2) is 0 Å². The Balaban J connectivity index is 2.05. The summed E-state index contributed by atoms with van der Waals surface area (Å²) >= 11 is 0. The van der Waals surface area contributed by atoms with E-state index in [0.29, 0.717) is 5.54 Å². The molecule has 1 saturated carbocycles. The first kappa shape index (κ1) is 15.3. The molecule has 2 fully saturated rings. The highest BCUT2D eigenvalue weighted by Gasteiger charge is 2.43. The molecule has 1 aliphatic heterocycles. The molecular formula is C17H34N2. The summed E-state index contributed by atoms with van der Waals surface area (Å²) in [5.41, 5.74) is 0.425. The quantitative estimate of drug-likeness (QED) is 0.756. The number of rotatable bonds is 7. The number of nitrogens with zero attached hydrogens (tertiary/aromatic N) is 1. The van der Waals surface area contributed by atoms with Crippen molar-refractivity contribution in [2.45, 2.75) is 77.8 Å². The van der Waals surface area contributed by atoms with Crippen LogP contribution in [0.4, 0.5) is 0 Å². The van der Waals surface area contributed by atoms with Crippen LogP contribution < -0.4 is 5.32 Å². The lowest BCUT2D eigenvalue weighted by molar-refractivity contribution is 0.0137. The molecule has 0 aromatic carbocycles. The summed E-state index contributed by atoms with van der Waals surface area (Å²) in [5.74, 6) is 1.87. The van der Waals surface area contributed by atoms with Gasteiger partial charge < -0.3 is 5.32 Å². The summed E-state index contributed by atoms with van der Waals surface area (Å²) in [5, 5.41) is 3.87. The zero-order chi connectivity index (χ0) is 13.9. The highest BCUT2D eigenvalue weighted by Crippen LogP contribution is 2.37. The molecule has 0 bridgehead atoms. The molecule has 2 rings (SSSR count). The minimum atomic E-state index is 0.425. The molecule has 1 unspecified atom stereocenters. The molecular weight excluding hydrogens is 232 g/mol. The van der Waals surface area contributed by atoms with E-state index < -0.39 is 0 Å². The van der Waals surface area contributed by atoms with Crippen LogP contribution in [0.15, 0.2) is 0 Å². The van der Waals surface area contributed by atoms with Gasteiger partial charge in [-0.1, -0.05) is 40.5 Å². The third kappa shape index (κ3) is 3.33. The molecule has 1 N–H and O–H groups in total. The van der Waals surface area contributed by atoms with Crippen LogP contribution in [0.2, 0.25) is 0 Å². The van der Waals surface area contributed by atoms with E-state index in [1.165, 1.54) is 58.2 Å². The standard InChI is InChI=1S/C17H34N2/c1-5-14(6-2)11-19-12-16(15-9-10-15)18-13-17(19,7-3)8-4/h14-16,18H,5-13H2,1-4H3. The van der Waals surface area contributed by atoms with Gasteiger partial charge in [0.1, 0.15) is 0 Å². The number of hydrogen-bond acceptors (Lipinski definition) is 2. The highest BCUT2D eigenvalue weighted by molar-refractivity contribution is 5.01. The SMILES string of the molecule is CCC(CC)CN1CC(C2CC2)NCC1(CC)CC. The van der Waals surface area contributed by atoms with Crippen LogP contribution in [0.25, 0.3) is 0 Å². The fraction of sp³-hybridized carbons (Fsp3) is 1.00. The summed E-state index contributed by atoms with van der Waals surface area (Å²) in [6.07, 6.45) is 8.15. The van der Waals surface area contributed by atoms with Crippen LogP contribution in [0.5, 0.6) is 0 Å². The van der Waals surface area contributed by atoms with Gasteiger partial charge in [0, 0.05) is 31.2 Å². The third-order valence-corrected chi connectivity index (χ3v) is 5.92. The van der Waals surface area contributed by atoms with E-state index in [1.54, 1.807) is 0 Å². The van der Waals surface area contributed by atoms with Crippen molar-refractivity contribution in [3.05, 3.63) is 0 Å².